The molecule has 2 aromatic rings. The van der Waals surface area contributed by atoms with Crippen LogP contribution in [-0.2, 0) is 9.24 Å². The summed E-state index contributed by atoms with van der Waals surface area (Å²) in [5.74, 6) is 0.823. The van der Waals surface area contributed by atoms with Crippen LogP contribution in [0.25, 0.3) is 0 Å². The molecule has 0 radical (unpaired) electrons. The van der Waals surface area contributed by atoms with Gasteiger partial charge in [-0.05, 0) is 54.7 Å². The van der Waals surface area contributed by atoms with Crippen molar-refractivity contribution < 1.29 is 42.9 Å². The highest BCUT2D eigenvalue weighted by Gasteiger charge is 2.34. The molecule has 0 heterocycles. The molecule has 0 spiro atoms. The third-order valence-corrected chi connectivity index (χ3v) is 5.88. The SMILES string of the molecule is COc1ccc(OC)c(C(=O)C2CCCCC2c2ccc(OC)c(OOP(=O)(O)O)c2)c1. The Hall–Kier alpha value is -2.58. The van der Waals surface area contributed by atoms with Crippen LogP contribution in [0.1, 0.15) is 47.5 Å². The molecule has 2 unspecified atom stereocenters. The number of carbonyl (C=O) groups excluding carboxylic acids is 1. The van der Waals surface area contributed by atoms with Crippen molar-refractivity contribution >= 4 is 13.6 Å². The van der Waals surface area contributed by atoms with Gasteiger partial charge in [0.15, 0.2) is 11.5 Å². The second-order valence-corrected chi connectivity index (χ2v) is 8.62. The van der Waals surface area contributed by atoms with Crippen molar-refractivity contribution in [2.24, 2.45) is 5.92 Å². The topological polar surface area (TPSA) is 121 Å². The second kappa shape index (κ2) is 10.4. The van der Waals surface area contributed by atoms with Crippen LogP contribution in [-0.4, -0.2) is 36.9 Å². The van der Waals surface area contributed by atoms with E-state index < -0.39 is 7.82 Å². The Morgan fingerprint density at radius 1 is 0.906 bits per heavy atom. The lowest BCUT2D eigenvalue weighted by atomic mass is 9.72. The van der Waals surface area contributed by atoms with Crippen molar-refractivity contribution in [2.75, 3.05) is 21.3 Å². The van der Waals surface area contributed by atoms with Crippen molar-refractivity contribution in [3.05, 3.63) is 47.5 Å². The molecule has 0 saturated heterocycles. The van der Waals surface area contributed by atoms with Crippen molar-refractivity contribution in [2.45, 2.75) is 31.6 Å². The van der Waals surface area contributed by atoms with E-state index in [1.165, 1.54) is 21.3 Å². The van der Waals surface area contributed by atoms with Crippen molar-refractivity contribution in [1.82, 2.24) is 0 Å². The maximum absolute atomic E-state index is 13.6. The minimum absolute atomic E-state index is 0.0176. The van der Waals surface area contributed by atoms with Gasteiger partial charge in [-0.3, -0.25) is 4.79 Å². The minimum Gasteiger partial charge on any atom is -0.497 e. The molecule has 174 valence electrons. The van der Waals surface area contributed by atoms with Crippen LogP contribution in [0, 0.1) is 5.92 Å². The first-order valence-corrected chi connectivity index (χ1v) is 11.7. The zero-order valence-corrected chi connectivity index (χ0v) is 19.0. The standard InChI is InChI=1S/C22H27O9P/c1-27-15-9-11-19(28-2)18(13-15)22(23)17-7-5-4-6-16(17)14-8-10-20(29-3)21(12-14)30-31-32(24,25)26/h8-13,16-17H,4-7H2,1-3H3,(H2,24,25,26). The summed E-state index contributed by atoms with van der Waals surface area (Å²) in [5.41, 5.74) is 1.24. The van der Waals surface area contributed by atoms with Crippen molar-refractivity contribution in [3.8, 4) is 23.0 Å². The van der Waals surface area contributed by atoms with Crippen LogP contribution in [0.15, 0.2) is 36.4 Å². The van der Waals surface area contributed by atoms with E-state index in [1.54, 1.807) is 30.3 Å². The zero-order valence-electron chi connectivity index (χ0n) is 18.1. The summed E-state index contributed by atoms with van der Waals surface area (Å²) >= 11 is 0. The second-order valence-electron chi connectivity index (χ2n) is 7.49. The molecule has 32 heavy (non-hydrogen) atoms. The number of phosphoric acid groups is 1. The monoisotopic (exact) mass is 466 g/mol. The van der Waals surface area contributed by atoms with Crippen LogP contribution in [0.2, 0.25) is 0 Å². The highest BCUT2D eigenvalue weighted by Crippen LogP contribution is 2.44. The Morgan fingerprint density at radius 3 is 2.25 bits per heavy atom. The van der Waals surface area contributed by atoms with E-state index >= 15 is 0 Å². The molecule has 2 N–H and O–H groups in total. The van der Waals surface area contributed by atoms with Gasteiger partial charge in [-0.25, -0.2) is 4.57 Å². The van der Waals surface area contributed by atoms with Gasteiger partial charge in [-0.2, -0.15) is 0 Å². The van der Waals surface area contributed by atoms with Gasteiger partial charge in [0.25, 0.3) is 0 Å². The average molecular weight is 466 g/mol. The molecule has 0 aromatic heterocycles. The maximum atomic E-state index is 13.6. The first kappa shape index (κ1) is 24.1. The first-order chi connectivity index (χ1) is 15.3. The Morgan fingerprint density at radius 2 is 1.59 bits per heavy atom. The van der Waals surface area contributed by atoms with E-state index in [0.29, 0.717) is 23.5 Å². The van der Waals surface area contributed by atoms with E-state index in [4.69, 9.17) is 28.9 Å². The van der Waals surface area contributed by atoms with Gasteiger partial charge < -0.3 is 28.9 Å². The highest BCUT2D eigenvalue weighted by atomic mass is 31.2. The number of hydrogen-bond acceptors (Lipinski definition) is 7. The van der Waals surface area contributed by atoms with Gasteiger partial charge in [-0.1, -0.05) is 23.6 Å². The Bertz CT molecular complexity index is 1000. The maximum Gasteiger partial charge on any atom is 0.505 e. The molecular weight excluding hydrogens is 439 g/mol. The number of rotatable bonds is 9. The molecule has 1 saturated carbocycles. The quantitative estimate of drug-likeness (QED) is 0.241. The van der Waals surface area contributed by atoms with Crippen molar-refractivity contribution in [3.63, 3.8) is 0 Å². The summed E-state index contributed by atoms with van der Waals surface area (Å²) in [4.78, 5) is 36.3. The van der Waals surface area contributed by atoms with Crippen LogP contribution in [0.5, 0.6) is 23.0 Å². The van der Waals surface area contributed by atoms with Crippen LogP contribution < -0.4 is 19.1 Å². The van der Waals surface area contributed by atoms with Gasteiger partial charge in [0.1, 0.15) is 11.5 Å². The van der Waals surface area contributed by atoms with E-state index in [0.717, 1.165) is 24.8 Å². The van der Waals surface area contributed by atoms with E-state index in [1.807, 2.05) is 6.07 Å². The summed E-state index contributed by atoms with van der Waals surface area (Å²) in [5, 5.41) is 0. The fraction of sp³-hybridized carbons (Fsp3) is 0.409. The van der Waals surface area contributed by atoms with E-state index in [9.17, 15) is 9.36 Å². The number of carbonyl (C=O) groups is 1. The Balaban J connectivity index is 1.95. The molecular formula is C22H27O9P. The predicted octanol–water partition coefficient (Wildman–Crippen LogP) is 4.27. The average Bonchev–Trinajstić information content (AvgIpc) is 2.81. The number of Topliss-reactive ketones (excluding diaryl/α,β-unsaturated/α-hetero) is 1. The molecule has 9 nitrogen and oxygen atoms in total. The van der Waals surface area contributed by atoms with Crippen LogP contribution in [0.4, 0.5) is 0 Å². The number of ether oxygens (including phenoxy) is 3. The number of hydrogen-bond donors (Lipinski definition) is 2. The van der Waals surface area contributed by atoms with E-state index in [2.05, 4.69) is 4.67 Å². The summed E-state index contributed by atoms with van der Waals surface area (Å²) < 4.78 is 31.1. The molecule has 2 aromatic carbocycles. The van der Waals surface area contributed by atoms with Crippen molar-refractivity contribution in [1.29, 1.82) is 0 Å². The highest BCUT2D eigenvalue weighted by molar-refractivity contribution is 7.46. The normalized spacial score (nSPS) is 18.7. The summed E-state index contributed by atoms with van der Waals surface area (Å²) in [6.45, 7) is 0. The smallest absolute Gasteiger partial charge is 0.497 e. The van der Waals surface area contributed by atoms with Gasteiger partial charge in [0, 0.05) is 5.92 Å². The first-order valence-electron chi connectivity index (χ1n) is 10.1. The summed E-state index contributed by atoms with van der Waals surface area (Å²) in [6, 6.07) is 10.2. The molecule has 0 amide bonds. The lowest BCUT2D eigenvalue weighted by molar-refractivity contribution is -0.124. The number of benzene rings is 2. The zero-order chi connectivity index (χ0) is 23.3. The van der Waals surface area contributed by atoms with Gasteiger partial charge in [0.05, 0.1) is 26.9 Å². The van der Waals surface area contributed by atoms with Gasteiger partial charge in [0.2, 0.25) is 5.75 Å². The summed E-state index contributed by atoms with van der Waals surface area (Å²) in [6.07, 6.45) is 3.34. The third-order valence-electron chi connectivity index (χ3n) is 5.61. The fourth-order valence-electron chi connectivity index (χ4n) is 4.13. The molecule has 2 atom stereocenters. The van der Waals surface area contributed by atoms with Gasteiger partial charge in [-0.15, -0.1) is 0 Å². The molecule has 10 heteroatoms. The van der Waals surface area contributed by atoms with Crippen LogP contribution >= 0.6 is 7.82 Å². The minimum atomic E-state index is -4.85. The molecule has 3 rings (SSSR count). The molecule has 0 aliphatic heterocycles. The predicted molar refractivity (Wildman–Crippen MR) is 115 cm³/mol. The van der Waals surface area contributed by atoms with E-state index in [-0.39, 0.29) is 29.1 Å². The Labute approximate surface area is 186 Å². The number of methoxy groups -OCH3 is 3. The molecule has 1 fully saturated rings. The molecule has 1 aliphatic carbocycles. The lowest BCUT2D eigenvalue weighted by Gasteiger charge is -2.31. The third kappa shape index (κ3) is 5.61. The lowest BCUT2D eigenvalue weighted by Crippen LogP contribution is -2.26. The largest absolute Gasteiger partial charge is 0.505 e. The molecule has 1 aliphatic rings. The van der Waals surface area contributed by atoms with Gasteiger partial charge >= 0.3 is 7.82 Å². The summed E-state index contributed by atoms with van der Waals surface area (Å²) in [7, 11) is -0.389. The molecule has 0 bridgehead atoms. The van der Waals surface area contributed by atoms with Crippen LogP contribution in [0.3, 0.4) is 0 Å². The Kier molecular flexibility index (Phi) is 7.79. The number of ketones is 1. The fourth-order valence-corrected chi connectivity index (χ4v) is 4.31.